The van der Waals surface area contributed by atoms with E-state index in [0.717, 1.165) is 0 Å². The van der Waals surface area contributed by atoms with Gasteiger partial charge in [-0.25, -0.2) is 4.79 Å². The Morgan fingerprint density at radius 1 is 1.90 bits per heavy atom. The number of carbonyl (C=O) groups excluding carboxylic acids is 1. The average molecular weight is 142 g/mol. The third kappa shape index (κ3) is 1.26. The molecule has 0 N–H and O–H groups in total. The second-order valence-corrected chi connectivity index (χ2v) is 2.24. The number of carbonyl (C=O) groups is 1. The van der Waals surface area contributed by atoms with Crippen molar-refractivity contribution in [1.29, 1.82) is 0 Å². The molecule has 0 spiro atoms. The molecule has 0 aromatic carbocycles. The van der Waals surface area contributed by atoms with Crippen molar-refractivity contribution in [2.24, 2.45) is 4.99 Å². The molecule has 4 heteroatoms. The molecule has 1 rings (SSSR count). The summed E-state index contributed by atoms with van der Waals surface area (Å²) in [5.41, 5.74) is 0. The van der Waals surface area contributed by atoms with Gasteiger partial charge in [-0.15, -0.1) is 0 Å². The van der Waals surface area contributed by atoms with Gasteiger partial charge in [0.25, 0.3) is 0 Å². The van der Waals surface area contributed by atoms with Gasteiger partial charge in [-0.1, -0.05) is 0 Å². The molecular formula is C6H10N2O2. The van der Waals surface area contributed by atoms with Crippen LogP contribution >= 0.6 is 0 Å². The minimum Gasteiger partial charge on any atom is -0.467 e. The second kappa shape index (κ2) is 2.68. The first kappa shape index (κ1) is 7.05. The van der Waals surface area contributed by atoms with E-state index in [2.05, 4.69) is 9.73 Å². The van der Waals surface area contributed by atoms with E-state index in [4.69, 9.17) is 0 Å². The molecule has 0 saturated heterocycles. The molecule has 0 aromatic heterocycles. The van der Waals surface area contributed by atoms with E-state index in [9.17, 15) is 4.79 Å². The van der Waals surface area contributed by atoms with Crippen molar-refractivity contribution in [2.45, 2.75) is 6.04 Å². The van der Waals surface area contributed by atoms with Crippen LogP contribution in [0.1, 0.15) is 0 Å². The van der Waals surface area contributed by atoms with Crippen LogP contribution in [0.3, 0.4) is 0 Å². The van der Waals surface area contributed by atoms with Gasteiger partial charge >= 0.3 is 5.97 Å². The zero-order valence-electron chi connectivity index (χ0n) is 6.07. The van der Waals surface area contributed by atoms with E-state index in [1.165, 1.54) is 7.11 Å². The van der Waals surface area contributed by atoms with Crippen LogP contribution in [-0.2, 0) is 9.53 Å². The second-order valence-electron chi connectivity index (χ2n) is 2.24. The van der Waals surface area contributed by atoms with Gasteiger partial charge in [0.15, 0.2) is 6.04 Å². The highest BCUT2D eigenvalue weighted by Crippen LogP contribution is 2.01. The quantitative estimate of drug-likeness (QED) is 0.463. The van der Waals surface area contributed by atoms with Crippen LogP contribution in [0, 0.1) is 0 Å². The first-order valence-corrected chi connectivity index (χ1v) is 3.05. The van der Waals surface area contributed by atoms with Crippen molar-refractivity contribution >= 4 is 12.3 Å². The maximum atomic E-state index is 10.8. The number of ether oxygens (including phenoxy) is 1. The van der Waals surface area contributed by atoms with Crippen molar-refractivity contribution in [3.63, 3.8) is 0 Å². The number of esters is 1. The van der Waals surface area contributed by atoms with E-state index in [-0.39, 0.29) is 12.0 Å². The molecule has 0 aliphatic carbocycles. The lowest BCUT2D eigenvalue weighted by Crippen LogP contribution is -2.26. The Morgan fingerprint density at radius 2 is 2.60 bits per heavy atom. The number of likely N-dealkylation sites (N-methyl/N-ethyl adjacent to an activating group) is 1. The summed E-state index contributed by atoms with van der Waals surface area (Å²) in [5, 5.41) is 0. The lowest BCUT2D eigenvalue weighted by atomic mass is 10.3. The Labute approximate surface area is 59.5 Å². The Balaban J connectivity index is 2.46. The smallest absolute Gasteiger partial charge is 0.332 e. The minimum atomic E-state index is -0.310. The van der Waals surface area contributed by atoms with Crippen molar-refractivity contribution in [2.75, 3.05) is 20.7 Å². The molecule has 0 saturated carbocycles. The van der Waals surface area contributed by atoms with Gasteiger partial charge in [0.2, 0.25) is 0 Å². The van der Waals surface area contributed by atoms with Gasteiger partial charge < -0.3 is 9.64 Å². The van der Waals surface area contributed by atoms with E-state index < -0.39 is 0 Å². The fraction of sp³-hybridized carbons (Fsp3) is 0.667. The topological polar surface area (TPSA) is 41.9 Å². The monoisotopic (exact) mass is 142 g/mol. The minimum absolute atomic E-state index is 0.263. The predicted octanol–water partition coefficient (Wildman–Crippen LogP) is -0.498. The van der Waals surface area contributed by atoms with Gasteiger partial charge in [0.1, 0.15) is 0 Å². The van der Waals surface area contributed by atoms with Crippen molar-refractivity contribution in [3.05, 3.63) is 0 Å². The molecule has 0 fully saturated rings. The van der Waals surface area contributed by atoms with Crippen LogP contribution in [0.4, 0.5) is 0 Å². The summed E-state index contributed by atoms with van der Waals surface area (Å²) in [6.45, 7) is 0.632. The van der Waals surface area contributed by atoms with Crippen LogP contribution in [0.25, 0.3) is 0 Å². The molecule has 0 radical (unpaired) electrons. The van der Waals surface area contributed by atoms with Crippen LogP contribution in [-0.4, -0.2) is 44.0 Å². The van der Waals surface area contributed by atoms with Gasteiger partial charge in [-0.2, -0.15) is 0 Å². The highest BCUT2D eigenvalue weighted by molar-refractivity contribution is 5.80. The molecule has 4 nitrogen and oxygen atoms in total. The van der Waals surface area contributed by atoms with Crippen molar-refractivity contribution in [1.82, 2.24) is 4.90 Å². The number of rotatable bonds is 1. The Kier molecular flexibility index (Phi) is 1.89. The molecule has 0 bridgehead atoms. The summed E-state index contributed by atoms with van der Waals surface area (Å²) in [4.78, 5) is 16.6. The first-order valence-electron chi connectivity index (χ1n) is 3.05. The van der Waals surface area contributed by atoms with Crippen LogP contribution < -0.4 is 0 Å². The lowest BCUT2D eigenvalue weighted by molar-refractivity contribution is -0.141. The predicted molar refractivity (Wildman–Crippen MR) is 36.9 cm³/mol. The summed E-state index contributed by atoms with van der Waals surface area (Å²) in [6.07, 6.45) is 1.64. The molecule has 1 atom stereocenters. The summed E-state index contributed by atoms with van der Waals surface area (Å²) in [7, 11) is 3.24. The van der Waals surface area contributed by atoms with Gasteiger partial charge in [0, 0.05) is 7.05 Å². The van der Waals surface area contributed by atoms with Gasteiger partial charge in [-0.05, 0) is 0 Å². The van der Waals surface area contributed by atoms with Crippen molar-refractivity contribution in [3.8, 4) is 0 Å². The maximum Gasteiger partial charge on any atom is 0.332 e. The molecule has 1 unspecified atom stereocenters. The Morgan fingerprint density at radius 3 is 3.00 bits per heavy atom. The number of aliphatic imine (C=N–C) groups is 1. The molecule has 0 aromatic rings. The van der Waals surface area contributed by atoms with E-state index in [1.807, 2.05) is 11.9 Å². The number of hydrogen-bond donors (Lipinski definition) is 0. The third-order valence-corrected chi connectivity index (χ3v) is 1.38. The third-order valence-electron chi connectivity index (χ3n) is 1.38. The lowest BCUT2D eigenvalue weighted by Gasteiger charge is -2.07. The highest BCUT2D eigenvalue weighted by atomic mass is 16.5. The normalized spacial score (nSPS) is 23.4. The Hall–Kier alpha value is -1.06. The molecule has 56 valence electrons. The van der Waals surface area contributed by atoms with E-state index >= 15 is 0 Å². The molecule has 1 aliphatic heterocycles. The first-order chi connectivity index (χ1) is 4.74. The van der Waals surface area contributed by atoms with Crippen LogP contribution in [0.5, 0.6) is 0 Å². The molecule has 1 heterocycles. The zero-order chi connectivity index (χ0) is 7.56. The van der Waals surface area contributed by atoms with Crippen LogP contribution in [0.2, 0.25) is 0 Å². The average Bonchev–Trinajstić information content (AvgIpc) is 2.34. The van der Waals surface area contributed by atoms with E-state index in [1.54, 1.807) is 6.34 Å². The highest BCUT2D eigenvalue weighted by Gasteiger charge is 2.22. The molecule has 0 amide bonds. The summed E-state index contributed by atoms with van der Waals surface area (Å²) < 4.78 is 4.50. The van der Waals surface area contributed by atoms with Gasteiger partial charge in [0.05, 0.1) is 20.0 Å². The molecular weight excluding hydrogens is 132 g/mol. The maximum absolute atomic E-state index is 10.8. The molecule has 1 aliphatic rings. The fourth-order valence-corrected chi connectivity index (χ4v) is 0.833. The molecule has 10 heavy (non-hydrogen) atoms. The standard InChI is InChI=1S/C6H10N2O2/c1-8-3-5(7-4-8)6(9)10-2/h4-5H,3H2,1-2H3. The largest absolute Gasteiger partial charge is 0.467 e. The summed E-state index contributed by atoms with van der Waals surface area (Å²) in [5.74, 6) is -0.263. The zero-order valence-corrected chi connectivity index (χ0v) is 6.07. The van der Waals surface area contributed by atoms with Crippen molar-refractivity contribution < 1.29 is 9.53 Å². The SMILES string of the molecule is COC(=O)C1CN(C)C=N1. The number of methoxy groups -OCH3 is 1. The Bertz CT molecular complexity index is 167. The fourth-order valence-electron chi connectivity index (χ4n) is 0.833. The number of hydrogen-bond acceptors (Lipinski definition) is 4. The van der Waals surface area contributed by atoms with E-state index in [0.29, 0.717) is 6.54 Å². The summed E-state index contributed by atoms with van der Waals surface area (Å²) >= 11 is 0. The summed E-state index contributed by atoms with van der Waals surface area (Å²) in [6, 6.07) is -0.310. The number of nitrogens with zero attached hydrogens (tertiary/aromatic N) is 2. The van der Waals surface area contributed by atoms with Crippen LogP contribution in [0.15, 0.2) is 4.99 Å². The van der Waals surface area contributed by atoms with Gasteiger partial charge in [-0.3, -0.25) is 4.99 Å².